The quantitative estimate of drug-likeness (QED) is 0.816. The highest BCUT2D eigenvalue weighted by Gasteiger charge is 2.08. The van der Waals surface area contributed by atoms with Gasteiger partial charge in [0, 0.05) is 23.6 Å². The van der Waals surface area contributed by atoms with E-state index in [-0.39, 0.29) is 0 Å². The van der Waals surface area contributed by atoms with Crippen molar-refractivity contribution >= 4 is 23.4 Å². The maximum absolute atomic E-state index is 4.92. The van der Waals surface area contributed by atoms with Gasteiger partial charge in [-0.15, -0.1) is 0 Å². The summed E-state index contributed by atoms with van der Waals surface area (Å²) in [5.74, 6) is 0. The third-order valence-electron chi connectivity index (χ3n) is 3.13. The van der Waals surface area contributed by atoms with Crippen LogP contribution in [0.1, 0.15) is 24.5 Å². The van der Waals surface area contributed by atoms with Crippen molar-refractivity contribution in [3.05, 3.63) is 47.8 Å². The molecule has 0 aliphatic carbocycles. The van der Waals surface area contributed by atoms with Gasteiger partial charge in [0.25, 0.3) is 0 Å². The summed E-state index contributed by atoms with van der Waals surface area (Å²) < 4.78 is 0. The average molecular weight is 270 g/mol. The number of hydrogen-bond donors (Lipinski definition) is 1. The summed E-state index contributed by atoms with van der Waals surface area (Å²) >= 11 is 4.92. The van der Waals surface area contributed by atoms with Gasteiger partial charge in [-0.25, -0.2) is 0 Å². The van der Waals surface area contributed by atoms with Crippen LogP contribution in [0.4, 0.5) is 5.69 Å². The summed E-state index contributed by atoms with van der Waals surface area (Å²) in [5.41, 5.74) is 7.60. The van der Waals surface area contributed by atoms with Gasteiger partial charge in [0.2, 0.25) is 0 Å². The molecule has 0 bridgehead atoms. The van der Waals surface area contributed by atoms with Crippen LogP contribution in [-0.2, 0) is 6.42 Å². The lowest BCUT2D eigenvalue weighted by Crippen LogP contribution is -2.01. The predicted octanol–water partition coefficient (Wildman–Crippen LogP) is 4.38. The van der Waals surface area contributed by atoms with E-state index in [1.165, 1.54) is 16.7 Å². The van der Waals surface area contributed by atoms with Crippen molar-refractivity contribution in [1.82, 2.24) is 4.98 Å². The smallest absolute Gasteiger partial charge is 0.0659 e. The highest BCUT2D eigenvalue weighted by molar-refractivity contribution is 7.79. The van der Waals surface area contributed by atoms with E-state index in [2.05, 4.69) is 42.3 Å². The van der Waals surface area contributed by atoms with Crippen LogP contribution < -0.4 is 5.32 Å². The second-order valence-corrected chi connectivity index (χ2v) is 4.82. The van der Waals surface area contributed by atoms with Crippen LogP contribution in [0.25, 0.3) is 11.1 Å². The van der Waals surface area contributed by atoms with Crippen LogP contribution in [0.15, 0.2) is 36.7 Å². The van der Waals surface area contributed by atoms with Crippen LogP contribution in [0, 0.1) is 6.92 Å². The zero-order valence-electron chi connectivity index (χ0n) is 11.3. The minimum atomic E-state index is 1.04. The van der Waals surface area contributed by atoms with Gasteiger partial charge in [0.05, 0.1) is 5.49 Å². The molecular formula is C16H18N2S. The molecule has 1 N–H and O–H groups in total. The highest BCUT2D eigenvalue weighted by Crippen LogP contribution is 2.29. The zero-order valence-corrected chi connectivity index (χ0v) is 12.1. The Morgan fingerprint density at radius 1 is 1.32 bits per heavy atom. The Morgan fingerprint density at radius 3 is 2.79 bits per heavy atom. The summed E-state index contributed by atoms with van der Waals surface area (Å²) in [4.78, 5) is 4.19. The molecule has 0 atom stereocenters. The fourth-order valence-electron chi connectivity index (χ4n) is 2.29. The van der Waals surface area contributed by atoms with E-state index in [1.54, 1.807) is 11.7 Å². The number of hydrogen-bond acceptors (Lipinski definition) is 2. The topological polar surface area (TPSA) is 24.9 Å². The largest absolute Gasteiger partial charge is 0.352 e. The van der Waals surface area contributed by atoms with E-state index in [0.717, 1.165) is 24.1 Å². The van der Waals surface area contributed by atoms with Crippen molar-refractivity contribution in [3.8, 4) is 11.1 Å². The Hall–Kier alpha value is -1.74. The Morgan fingerprint density at radius 2 is 2.16 bits per heavy atom. The van der Waals surface area contributed by atoms with Crippen molar-refractivity contribution in [3.63, 3.8) is 0 Å². The third-order valence-corrected chi connectivity index (χ3v) is 3.25. The summed E-state index contributed by atoms with van der Waals surface area (Å²) in [6.07, 6.45) is 5.85. The van der Waals surface area contributed by atoms with Gasteiger partial charge in [-0.3, -0.25) is 4.98 Å². The molecule has 1 aromatic heterocycles. The van der Waals surface area contributed by atoms with Gasteiger partial charge >= 0.3 is 0 Å². The number of rotatable bonds is 5. The molecule has 0 unspecified atom stereocenters. The van der Waals surface area contributed by atoms with Gasteiger partial charge in [0.1, 0.15) is 0 Å². The number of benzene rings is 1. The molecule has 0 aliphatic rings. The Bertz CT molecular complexity index is 564. The number of thiocarbonyl (C=S) groups is 1. The van der Waals surface area contributed by atoms with Crippen LogP contribution in [0.3, 0.4) is 0 Å². The molecule has 0 saturated heterocycles. The normalized spacial score (nSPS) is 10.2. The van der Waals surface area contributed by atoms with Gasteiger partial charge in [-0.2, -0.15) is 0 Å². The standard InChI is InChI=1S/C16H18N2S/c1-3-5-13-9-15(14-6-4-7-17-10-14)8-12(2)16(13)18-11-19/h4,6-11H,3,5H2,1-2H3,(H,18,19). The zero-order chi connectivity index (χ0) is 13.7. The average Bonchev–Trinajstić information content (AvgIpc) is 2.43. The van der Waals surface area contributed by atoms with Gasteiger partial charge < -0.3 is 5.32 Å². The molecule has 0 fully saturated rings. The van der Waals surface area contributed by atoms with E-state index in [4.69, 9.17) is 12.2 Å². The lowest BCUT2D eigenvalue weighted by molar-refractivity contribution is 0.923. The first-order valence-electron chi connectivity index (χ1n) is 6.50. The third kappa shape index (κ3) is 3.18. The maximum atomic E-state index is 4.92. The van der Waals surface area contributed by atoms with Crippen molar-refractivity contribution in [1.29, 1.82) is 0 Å². The molecule has 98 valence electrons. The molecule has 3 heteroatoms. The number of nitrogens with one attached hydrogen (secondary N) is 1. The molecule has 2 aromatic rings. The van der Waals surface area contributed by atoms with Crippen LogP contribution >= 0.6 is 12.2 Å². The second-order valence-electron chi connectivity index (χ2n) is 4.58. The lowest BCUT2D eigenvalue weighted by Gasteiger charge is -2.14. The van der Waals surface area contributed by atoms with Crippen LogP contribution in [0.2, 0.25) is 0 Å². The Kier molecular flexibility index (Phi) is 4.63. The molecule has 0 saturated carbocycles. The number of aromatic nitrogens is 1. The van der Waals surface area contributed by atoms with E-state index in [9.17, 15) is 0 Å². The number of nitrogens with zero attached hydrogens (tertiary/aromatic N) is 1. The van der Waals surface area contributed by atoms with E-state index in [0.29, 0.717) is 0 Å². The van der Waals surface area contributed by atoms with E-state index in [1.807, 2.05) is 12.3 Å². The molecule has 2 rings (SSSR count). The summed E-state index contributed by atoms with van der Waals surface area (Å²) in [6.45, 7) is 4.30. The van der Waals surface area contributed by atoms with Crippen molar-refractivity contribution in [2.75, 3.05) is 5.32 Å². The molecule has 2 nitrogen and oxygen atoms in total. The van der Waals surface area contributed by atoms with E-state index >= 15 is 0 Å². The molecule has 0 aliphatic heterocycles. The number of anilines is 1. The van der Waals surface area contributed by atoms with Crippen molar-refractivity contribution in [2.24, 2.45) is 0 Å². The Labute approximate surface area is 119 Å². The molecule has 19 heavy (non-hydrogen) atoms. The molecule has 0 spiro atoms. The fraction of sp³-hybridized carbons (Fsp3) is 0.250. The maximum Gasteiger partial charge on any atom is 0.0659 e. The predicted molar refractivity (Wildman–Crippen MR) is 85.7 cm³/mol. The molecule has 0 amide bonds. The van der Waals surface area contributed by atoms with Crippen LogP contribution in [-0.4, -0.2) is 10.5 Å². The summed E-state index contributed by atoms with van der Waals surface area (Å²) in [6, 6.07) is 8.46. The lowest BCUT2D eigenvalue weighted by atomic mass is 9.97. The van der Waals surface area contributed by atoms with Crippen molar-refractivity contribution < 1.29 is 0 Å². The summed E-state index contributed by atoms with van der Waals surface area (Å²) in [7, 11) is 0. The highest BCUT2D eigenvalue weighted by atomic mass is 32.1. The summed E-state index contributed by atoms with van der Waals surface area (Å²) in [5, 5.41) is 3.18. The monoisotopic (exact) mass is 270 g/mol. The first-order valence-corrected chi connectivity index (χ1v) is 6.97. The second kappa shape index (κ2) is 6.43. The number of aryl methyl sites for hydroxylation is 2. The van der Waals surface area contributed by atoms with Gasteiger partial charge in [0.15, 0.2) is 0 Å². The SMILES string of the molecule is CCCc1cc(-c2cccnc2)cc(C)c1NC=S. The fourth-order valence-corrected chi connectivity index (χ4v) is 2.41. The molecular weight excluding hydrogens is 252 g/mol. The minimum absolute atomic E-state index is 1.04. The first kappa shape index (κ1) is 13.7. The molecule has 0 radical (unpaired) electrons. The Balaban J connectivity index is 2.50. The first-order chi connectivity index (χ1) is 9.26. The van der Waals surface area contributed by atoms with Gasteiger partial charge in [-0.1, -0.05) is 31.6 Å². The molecule has 1 aromatic carbocycles. The van der Waals surface area contributed by atoms with Crippen LogP contribution in [0.5, 0.6) is 0 Å². The number of pyridine rings is 1. The van der Waals surface area contributed by atoms with E-state index < -0.39 is 0 Å². The minimum Gasteiger partial charge on any atom is -0.352 e. The van der Waals surface area contributed by atoms with Crippen molar-refractivity contribution in [2.45, 2.75) is 26.7 Å². The van der Waals surface area contributed by atoms with Gasteiger partial charge in [-0.05, 0) is 48.2 Å². The molecule has 1 heterocycles.